The van der Waals surface area contributed by atoms with E-state index in [-0.39, 0.29) is 5.91 Å². The van der Waals surface area contributed by atoms with Gasteiger partial charge in [-0.2, -0.15) is 0 Å². The van der Waals surface area contributed by atoms with E-state index < -0.39 is 5.97 Å². The Bertz CT molecular complexity index is 1060. The van der Waals surface area contributed by atoms with Crippen molar-refractivity contribution in [3.05, 3.63) is 89.0 Å². The number of anilines is 1. The summed E-state index contributed by atoms with van der Waals surface area (Å²) in [6.45, 7) is 4.53. The number of para-hydroxylation sites is 1. The lowest BCUT2D eigenvalue weighted by molar-refractivity contribution is 0.0602. The summed E-state index contributed by atoms with van der Waals surface area (Å²) in [7, 11) is 1.31. The highest BCUT2D eigenvalue weighted by Gasteiger charge is 2.16. The first-order valence-corrected chi connectivity index (χ1v) is 10.9. The highest BCUT2D eigenvalue weighted by Crippen LogP contribution is 2.30. The fourth-order valence-electron chi connectivity index (χ4n) is 3.00. The average molecular weight is 436 g/mol. The zero-order valence-electron chi connectivity index (χ0n) is 17.8. The zero-order valence-corrected chi connectivity index (χ0v) is 18.6. The van der Waals surface area contributed by atoms with E-state index in [4.69, 9.17) is 9.47 Å². The van der Waals surface area contributed by atoms with E-state index in [1.54, 1.807) is 42.1 Å². The van der Waals surface area contributed by atoms with E-state index in [9.17, 15) is 9.59 Å². The molecule has 1 amide bonds. The Morgan fingerprint density at radius 3 is 2.45 bits per heavy atom. The Hall–Kier alpha value is -3.25. The third-order valence-electron chi connectivity index (χ3n) is 4.62. The third-order valence-corrected chi connectivity index (χ3v) is 5.68. The molecule has 6 heteroatoms. The van der Waals surface area contributed by atoms with Gasteiger partial charge >= 0.3 is 5.97 Å². The normalized spacial score (nSPS) is 10.4. The number of rotatable bonds is 8. The standard InChI is InChI=1S/C25H25NO4S/c1-4-30-23-14-11-18(15-19(23)16-31-20-12-9-17(2)10-13-20)24(27)26-22-8-6-5-7-21(22)25(28)29-3/h5-15H,4,16H2,1-3H3,(H,26,27). The molecule has 0 aliphatic heterocycles. The first-order valence-electron chi connectivity index (χ1n) is 9.95. The molecule has 160 valence electrons. The summed E-state index contributed by atoms with van der Waals surface area (Å²) in [5.74, 6) is 0.616. The number of thioether (sulfide) groups is 1. The number of hydrogen-bond acceptors (Lipinski definition) is 5. The summed E-state index contributed by atoms with van der Waals surface area (Å²) < 4.78 is 10.6. The van der Waals surface area contributed by atoms with Gasteiger partial charge in [-0.15, -0.1) is 11.8 Å². The highest BCUT2D eigenvalue weighted by atomic mass is 32.2. The molecule has 3 aromatic rings. The molecule has 31 heavy (non-hydrogen) atoms. The molecule has 0 saturated carbocycles. The van der Waals surface area contributed by atoms with Crippen molar-refractivity contribution in [3.8, 4) is 5.75 Å². The van der Waals surface area contributed by atoms with E-state index in [0.717, 1.165) is 16.2 Å². The number of carbonyl (C=O) groups excluding carboxylic acids is 2. The molecule has 0 aliphatic carbocycles. The predicted molar refractivity (Wildman–Crippen MR) is 124 cm³/mol. The van der Waals surface area contributed by atoms with Gasteiger partial charge in [-0.05, 0) is 56.3 Å². The van der Waals surface area contributed by atoms with Crippen LogP contribution in [0, 0.1) is 6.92 Å². The minimum Gasteiger partial charge on any atom is -0.494 e. The molecule has 0 fully saturated rings. The Labute approximate surface area is 186 Å². The van der Waals surface area contributed by atoms with Crippen molar-refractivity contribution in [1.29, 1.82) is 0 Å². The molecule has 0 unspecified atom stereocenters. The predicted octanol–water partition coefficient (Wildman–Crippen LogP) is 5.72. The van der Waals surface area contributed by atoms with Crippen molar-refractivity contribution < 1.29 is 19.1 Å². The molecule has 0 radical (unpaired) electrons. The van der Waals surface area contributed by atoms with Crippen LogP contribution in [0.2, 0.25) is 0 Å². The number of nitrogens with one attached hydrogen (secondary N) is 1. The van der Waals surface area contributed by atoms with Crippen molar-refractivity contribution in [3.63, 3.8) is 0 Å². The van der Waals surface area contributed by atoms with Crippen LogP contribution in [-0.2, 0) is 10.5 Å². The van der Waals surface area contributed by atoms with Gasteiger partial charge in [0.1, 0.15) is 5.75 Å². The van der Waals surface area contributed by atoms with Crippen LogP contribution in [0.1, 0.15) is 38.8 Å². The molecule has 0 heterocycles. The minimum atomic E-state index is -0.502. The molecule has 5 nitrogen and oxygen atoms in total. The number of methoxy groups -OCH3 is 1. The maximum absolute atomic E-state index is 12.9. The molecular weight excluding hydrogens is 410 g/mol. The summed E-state index contributed by atoms with van der Waals surface area (Å²) in [4.78, 5) is 26.0. The van der Waals surface area contributed by atoms with Gasteiger partial charge in [-0.1, -0.05) is 29.8 Å². The summed E-state index contributed by atoms with van der Waals surface area (Å²) in [6, 6.07) is 20.5. The van der Waals surface area contributed by atoms with Gasteiger partial charge in [-0.25, -0.2) is 4.79 Å². The fourth-order valence-corrected chi connectivity index (χ4v) is 3.88. The maximum atomic E-state index is 12.9. The number of ether oxygens (including phenoxy) is 2. The molecule has 0 saturated heterocycles. The number of aryl methyl sites for hydroxylation is 1. The van der Waals surface area contributed by atoms with Crippen LogP contribution in [0.15, 0.2) is 71.6 Å². The molecule has 0 bridgehead atoms. The molecule has 0 spiro atoms. The molecule has 0 atom stereocenters. The molecule has 3 rings (SSSR count). The number of amides is 1. The number of esters is 1. The van der Waals surface area contributed by atoms with Crippen molar-refractivity contribution >= 4 is 29.3 Å². The lowest BCUT2D eigenvalue weighted by Gasteiger charge is -2.13. The Morgan fingerprint density at radius 1 is 1.00 bits per heavy atom. The maximum Gasteiger partial charge on any atom is 0.339 e. The summed E-state index contributed by atoms with van der Waals surface area (Å²) in [5, 5.41) is 2.81. The van der Waals surface area contributed by atoms with Crippen molar-refractivity contribution in [2.45, 2.75) is 24.5 Å². The Balaban J connectivity index is 1.81. The van der Waals surface area contributed by atoms with Gasteiger partial charge < -0.3 is 14.8 Å². The second-order valence-corrected chi connectivity index (χ2v) is 7.90. The minimum absolute atomic E-state index is 0.305. The van der Waals surface area contributed by atoms with Crippen LogP contribution in [-0.4, -0.2) is 25.6 Å². The zero-order chi connectivity index (χ0) is 22.2. The van der Waals surface area contributed by atoms with Crippen molar-refractivity contribution in [2.24, 2.45) is 0 Å². The Kier molecular flexibility index (Phi) is 7.73. The topological polar surface area (TPSA) is 64.6 Å². The monoisotopic (exact) mass is 435 g/mol. The first-order chi connectivity index (χ1) is 15.0. The molecule has 3 aromatic carbocycles. The van der Waals surface area contributed by atoms with Gasteiger partial charge in [0.05, 0.1) is 25.0 Å². The molecule has 1 N–H and O–H groups in total. The summed E-state index contributed by atoms with van der Waals surface area (Å²) in [6.07, 6.45) is 0. The quantitative estimate of drug-likeness (QED) is 0.362. The van der Waals surface area contributed by atoms with Crippen LogP contribution < -0.4 is 10.1 Å². The van der Waals surface area contributed by atoms with E-state index in [1.165, 1.54) is 12.7 Å². The summed E-state index contributed by atoms with van der Waals surface area (Å²) >= 11 is 1.68. The van der Waals surface area contributed by atoms with Crippen LogP contribution in [0.3, 0.4) is 0 Å². The van der Waals surface area contributed by atoms with Crippen LogP contribution in [0.25, 0.3) is 0 Å². The lowest BCUT2D eigenvalue weighted by atomic mass is 10.1. The lowest BCUT2D eigenvalue weighted by Crippen LogP contribution is -2.15. The molecule has 0 aromatic heterocycles. The number of carbonyl (C=O) groups is 2. The number of hydrogen-bond donors (Lipinski definition) is 1. The Morgan fingerprint density at radius 2 is 1.74 bits per heavy atom. The fraction of sp³-hybridized carbons (Fsp3) is 0.200. The van der Waals surface area contributed by atoms with Crippen molar-refractivity contribution in [1.82, 2.24) is 0 Å². The van der Waals surface area contributed by atoms with Crippen molar-refractivity contribution in [2.75, 3.05) is 19.0 Å². The van der Waals surface area contributed by atoms with Crippen LogP contribution in [0.4, 0.5) is 5.69 Å². The highest BCUT2D eigenvalue weighted by molar-refractivity contribution is 7.98. The second kappa shape index (κ2) is 10.7. The number of benzene rings is 3. The largest absolute Gasteiger partial charge is 0.494 e. The van der Waals surface area contributed by atoms with E-state index >= 15 is 0 Å². The van der Waals surface area contributed by atoms with E-state index in [2.05, 4.69) is 36.5 Å². The molecule has 0 aliphatic rings. The molecular formula is C25H25NO4S. The second-order valence-electron chi connectivity index (χ2n) is 6.85. The summed E-state index contributed by atoms with van der Waals surface area (Å²) in [5.41, 5.74) is 3.34. The first kappa shape index (κ1) is 22.4. The van der Waals surface area contributed by atoms with Gasteiger partial charge in [0, 0.05) is 21.8 Å². The van der Waals surface area contributed by atoms with Gasteiger partial charge in [0.2, 0.25) is 0 Å². The third kappa shape index (κ3) is 5.89. The van der Waals surface area contributed by atoms with E-state index in [1.807, 2.05) is 19.1 Å². The van der Waals surface area contributed by atoms with Gasteiger partial charge in [0.15, 0.2) is 0 Å². The smallest absolute Gasteiger partial charge is 0.339 e. The van der Waals surface area contributed by atoms with Gasteiger partial charge in [-0.3, -0.25) is 4.79 Å². The van der Waals surface area contributed by atoms with Gasteiger partial charge in [0.25, 0.3) is 5.91 Å². The van der Waals surface area contributed by atoms with Crippen LogP contribution in [0.5, 0.6) is 5.75 Å². The van der Waals surface area contributed by atoms with Crippen LogP contribution >= 0.6 is 11.8 Å². The van der Waals surface area contributed by atoms with E-state index in [0.29, 0.717) is 29.2 Å². The SMILES string of the molecule is CCOc1ccc(C(=O)Nc2ccccc2C(=O)OC)cc1CSc1ccc(C)cc1. The average Bonchev–Trinajstić information content (AvgIpc) is 2.79.